The molecule has 4 nitrogen and oxygen atoms in total. The van der Waals surface area contributed by atoms with Crippen molar-refractivity contribution in [1.29, 1.82) is 0 Å². The Morgan fingerprint density at radius 2 is 1.34 bits per heavy atom. The fourth-order valence-corrected chi connectivity index (χ4v) is 3.15. The van der Waals surface area contributed by atoms with Crippen LogP contribution in [-0.2, 0) is 27.3 Å². The normalized spacial score (nSPS) is 11.5. The van der Waals surface area contributed by atoms with Gasteiger partial charge in [0, 0.05) is 13.6 Å². The minimum Gasteiger partial charge on any atom is -0.452 e. The topological polar surface area (TPSA) is 46.6 Å². The number of benzene rings is 3. The molecule has 1 amide bonds. The van der Waals surface area contributed by atoms with Crippen LogP contribution in [0.2, 0.25) is 0 Å². The molecule has 0 aliphatic rings. The average molecular weight is 387 g/mol. The molecule has 0 N–H and O–H groups in total. The number of nitrogens with zero attached hydrogens (tertiary/aromatic N) is 1. The third-order valence-corrected chi connectivity index (χ3v) is 4.70. The van der Waals surface area contributed by atoms with Crippen molar-refractivity contribution < 1.29 is 14.3 Å². The van der Waals surface area contributed by atoms with Crippen LogP contribution in [0.4, 0.5) is 0 Å². The number of carbonyl (C=O) groups is 2. The molecule has 0 saturated carbocycles. The summed E-state index contributed by atoms with van der Waals surface area (Å²) in [5.74, 6) is -0.631. The second-order valence-corrected chi connectivity index (χ2v) is 7.05. The molecule has 0 aliphatic carbocycles. The molecule has 0 aliphatic heterocycles. The van der Waals surface area contributed by atoms with Gasteiger partial charge in [0.15, 0.2) is 6.10 Å². The summed E-state index contributed by atoms with van der Waals surface area (Å²) in [5.41, 5.74) is 4.10. The van der Waals surface area contributed by atoms with E-state index in [2.05, 4.69) is 0 Å². The van der Waals surface area contributed by atoms with Gasteiger partial charge in [0.25, 0.3) is 5.91 Å². The smallest absolute Gasteiger partial charge is 0.311 e. The SMILES string of the molecule is C[C@H](OC(=O)Cc1ccc(-c2ccccc2)cc1)C(=O)N(C)Cc1ccccc1. The zero-order valence-corrected chi connectivity index (χ0v) is 16.7. The average Bonchev–Trinajstić information content (AvgIpc) is 2.75. The fourth-order valence-electron chi connectivity index (χ4n) is 3.15. The van der Waals surface area contributed by atoms with E-state index < -0.39 is 12.1 Å². The van der Waals surface area contributed by atoms with Gasteiger partial charge in [0.1, 0.15) is 0 Å². The molecule has 0 spiro atoms. The maximum atomic E-state index is 12.5. The third-order valence-electron chi connectivity index (χ3n) is 4.70. The molecular formula is C25H25NO3. The van der Waals surface area contributed by atoms with Crippen molar-refractivity contribution in [2.45, 2.75) is 26.0 Å². The molecule has 0 fully saturated rings. The first-order valence-corrected chi connectivity index (χ1v) is 9.65. The highest BCUT2D eigenvalue weighted by Crippen LogP contribution is 2.19. The Morgan fingerprint density at radius 3 is 1.97 bits per heavy atom. The van der Waals surface area contributed by atoms with Crippen molar-refractivity contribution in [2.24, 2.45) is 0 Å². The summed E-state index contributed by atoms with van der Waals surface area (Å²) in [7, 11) is 1.71. The van der Waals surface area contributed by atoms with Gasteiger partial charge in [-0.25, -0.2) is 0 Å². The van der Waals surface area contributed by atoms with Gasteiger partial charge < -0.3 is 9.64 Å². The highest BCUT2D eigenvalue weighted by atomic mass is 16.5. The molecule has 29 heavy (non-hydrogen) atoms. The quantitative estimate of drug-likeness (QED) is 0.561. The Hall–Kier alpha value is -3.40. The molecule has 1 atom stereocenters. The van der Waals surface area contributed by atoms with E-state index in [1.807, 2.05) is 84.9 Å². The summed E-state index contributed by atoms with van der Waals surface area (Å²) >= 11 is 0. The number of likely N-dealkylation sites (N-methyl/N-ethyl adjacent to an activating group) is 1. The van der Waals surface area contributed by atoms with Gasteiger partial charge in [-0.3, -0.25) is 9.59 Å². The van der Waals surface area contributed by atoms with Crippen LogP contribution in [0.3, 0.4) is 0 Å². The summed E-state index contributed by atoms with van der Waals surface area (Å²) in [6.45, 7) is 2.09. The molecule has 3 aromatic carbocycles. The molecule has 0 heterocycles. The lowest BCUT2D eigenvalue weighted by Crippen LogP contribution is -2.37. The van der Waals surface area contributed by atoms with E-state index in [-0.39, 0.29) is 12.3 Å². The van der Waals surface area contributed by atoms with Crippen molar-refractivity contribution in [2.75, 3.05) is 7.05 Å². The molecule has 0 bridgehead atoms. The predicted octanol–water partition coefficient (Wildman–Crippen LogP) is 4.49. The van der Waals surface area contributed by atoms with Crippen LogP contribution in [-0.4, -0.2) is 29.9 Å². The van der Waals surface area contributed by atoms with E-state index in [0.717, 1.165) is 22.3 Å². The Bertz CT molecular complexity index is 937. The number of carbonyl (C=O) groups excluding carboxylic acids is 2. The van der Waals surface area contributed by atoms with Gasteiger partial charge in [0.05, 0.1) is 6.42 Å². The number of ether oxygens (including phenoxy) is 1. The van der Waals surface area contributed by atoms with Crippen LogP contribution in [0.15, 0.2) is 84.9 Å². The molecule has 0 aromatic heterocycles. The Morgan fingerprint density at radius 1 is 0.793 bits per heavy atom. The monoisotopic (exact) mass is 387 g/mol. The Balaban J connectivity index is 1.52. The number of esters is 1. The van der Waals surface area contributed by atoms with Crippen LogP contribution in [0.5, 0.6) is 0 Å². The maximum Gasteiger partial charge on any atom is 0.311 e. The van der Waals surface area contributed by atoms with Gasteiger partial charge >= 0.3 is 5.97 Å². The van der Waals surface area contributed by atoms with Gasteiger partial charge in [-0.1, -0.05) is 84.9 Å². The van der Waals surface area contributed by atoms with Gasteiger partial charge in [0.2, 0.25) is 0 Å². The molecule has 0 unspecified atom stereocenters. The first kappa shape index (κ1) is 20.3. The summed E-state index contributed by atoms with van der Waals surface area (Å²) in [5, 5.41) is 0. The summed E-state index contributed by atoms with van der Waals surface area (Å²) < 4.78 is 5.36. The molecule has 3 rings (SSSR count). The summed E-state index contributed by atoms with van der Waals surface area (Å²) in [6, 6.07) is 27.6. The molecule has 0 radical (unpaired) electrons. The van der Waals surface area contributed by atoms with Crippen molar-refractivity contribution in [3.8, 4) is 11.1 Å². The van der Waals surface area contributed by atoms with Crippen molar-refractivity contribution in [3.05, 3.63) is 96.1 Å². The van der Waals surface area contributed by atoms with Crippen LogP contribution in [0, 0.1) is 0 Å². The molecule has 4 heteroatoms. The molecule has 0 saturated heterocycles. The van der Waals surface area contributed by atoms with Gasteiger partial charge in [-0.15, -0.1) is 0 Å². The highest BCUT2D eigenvalue weighted by Gasteiger charge is 2.21. The standard InChI is InChI=1S/C25H25NO3/c1-19(25(28)26(2)18-21-9-5-3-6-10-21)29-24(27)17-20-13-15-23(16-14-20)22-11-7-4-8-12-22/h3-16,19H,17-18H2,1-2H3/t19-/m0/s1. The van der Waals surface area contributed by atoms with E-state index in [4.69, 9.17) is 4.74 Å². The van der Waals surface area contributed by atoms with Crippen molar-refractivity contribution in [3.63, 3.8) is 0 Å². The van der Waals surface area contributed by atoms with Gasteiger partial charge in [-0.05, 0) is 29.2 Å². The lowest BCUT2D eigenvalue weighted by molar-refractivity contribution is -0.158. The zero-order valence-electron chi connectivity index (χ0n) is 16.7. The zero-order chi connectivity index (χ0) is 20.6. The first-order valence-electron chi connectivity index (χ1n) is 9.65. The van der Waals surface area contributed by atoms with Crippen molar-refractivity contribution >= 4 is 11.9 Å². The molecule has 148 valence electrons. The number of hydrogen-bond donors (Lipinski definition) is 0. The summed E-state index contributed by atoms with van der Waals surface area (Å²) in [6.07, 6.45) is -0.686. The molecule has 3 aromatic rings. The van der Waals surface area contributed by atoms with Gasteiger partial charge in [-0.2, -0.15) is 0 Å². The summed E-state index contributed by atoms with van der Waals surface area (Å²) in [4.78, 5) is 26.3. The largest absolute Gasteiger partial charge is 0.452 e. The lowest BCUT2D eigenvalue weighted by atomic mass is 10.0. The van der Waals surface area contributed by atoms with E-state index in [0.29, 0.717) is 6.54 Å². The van der Waals surface area contributed by atoms with E-state index >= 15 is 0 Å². The second kappa shape index (κ2) is 9.69. The Labute approximate surface area is 171 Å². The highest BCUT2D eigenvalue weighted by molar-refractivity contribution is 5.83. The first-order chi connectivity index (χ1) is 14.0. The van der Waals surface area contributed by atoms with E-state index in [1.54, 1.807) is 18.9 Å². The van der Waals surface area contributed by atoms with Crippen LogP contribution in [0.1, 0.15) is 18.1 Å². The fraction of sp³-hybridized carbons (Fsp3) is 0.200. The maximum absolute atomic E-state index is 12.5. The molecular weight excluding hydrogens is 362 g/mol. The van der Waals surface area contributed by atoms with E-state index in [1.165, 1.54) is 0 Å². The predicted molar refractivity (Wildman–Crippen MR) is 114 cm³/mol. The van der Waals surface area contributed by atoms with Crippen LogP contribution in [0.25, 0.3) is 11.1 Å². The third kappa shape index (κ3) is 5.79. The van der Waals surface area contributed by atoms with Crippen molar-refractivity contribution in [1.82, 2.24) is 4.90 Å². The second-order valence-electron chi connectivity index (χ2n) is 7.05. The minimum atomic E-state index is -0.820. The number of rotatable bonds is 7. The van der Waals surface area contributed by atoms with Crippen LogP contribution < -0.4 is 0 Å². The number of amides is 1. The minimum absolute atomic E-state index is 0.134. The Kier molecular flexibility index (Phi) is 6.80. The lowest BCUT2D eigenvalue weighted by Gasteiger charge is -2.21. The number of hydrogen-bond acceptors (Lipinski definition) is 3. The van der Waals surface area contributed by atoms with E-state index in [9.17, 15) is 9.59 Å². The van der Waals surface area contributed by atoms with Crippen LogP contribution >= 0.6 is 0 Å².